The van der Waals surface area contributed by atoms with Gasteiger partial charge < -0.3 is 10.6 Å². The molecule has 5 heteroatoms. The first-order chi connectivity index (χ1) is 8.29. The Labute approximate surface area is 105 Å². The van der Waals surface area contributed by atoms with E-state index in [1.165, 1.54) is 5.56 Å². The summed E-state index contributed by atoms with van der Waals surface area (Å²) >= 11 is 1.60. The maximum Gasteiger partial charge on any atom is 0.208 e. The summed E-state index contributed by atoms with van der Waals surface area (Å²) in [5.74, 6) is 0. The number of aromatic nitrogens is 2. The van der Waals surface area contributed by atoms with Gasteiger partial charge in [-0.3, -0.25) is 0 Å². The topological polar surface area (TPSA) is 55.0 Å². The zero-order chi connectivity index (χ0) is 12.1. The highest BCUT2D eigenvalue weighted by atomic mass is 32.1. The van der Waals surface area contributed by atoms with Crippen molar-refractivity contribution in [2.24, 2.45) is 5.73 Å². The lowest BCUT2D eigenvalue weighted by molar-refractivity contribution is 0.777. The van der Waals surface area contributed by atoms with Crippen LogP contribution in [0.15, 0.2) is 30.3 Å². The van der Waals surface area contributed by atoms with Crippen molar-refractivity contribution in [2.45, 2.75) is 13.5 Å². The average molecular weight is 248 g/mol. The first-order valence-corrected chi connectivity index (χ1v) is 6.40. The smallest absolute Gasteiger partial charge is 0.208 e. The van der Waals surface area contributed by atoms with Crippen molar-refractivity contribution in [3.05, 3.63) is 40.9 Å². The fourth-order valence-electron chi connectivity index (χ4n) is 1.62. The van der Waals surface area contributed by atoms with E-state index < -0.39 is 0 Å². The normalized spacial score (nSPS) is 10.5. The van der Waals surface area contributed by atoms with E-state index in [-0.39, 0.29) is 0 Å². The molecule has 2 aromatic rings. The Morgan fingerprint density at radius 1 is 1.24 bits per heavy atom. The van der Waals surface area contributed by atoms with Crippen LogP contribution in [0.25, 0.3) is 0 Å². The fraction of sp³-hybridized carbons (Fsp3) is 0.333. The van der Waals surface area contributed by atoms with Crippen LogP contribution in [0.5, 0.6) is 0 Å². The van der Waals surface area contributed by atoms with E-state index in [4.69, 9.17) is 5.73 Å². The Kier molecular flexibility index (Phi) is 4.06. The van der Waals surface area contributed by atoms with Crippen LogP contribution >= 0.6 is 11.3 Å². The van der Waals surface area contributed by atoms with Gasteiger partial charge in [-0.05, 0) is 12.5 Å². The number of hydrogen-bond acceptors (Lipinski definition) is 5. The number of benzene rings is 1. The second-order valence-electron chi connectivity index (χ2n) is 3.80. The van der Waals surface area contributed by atoms with Crippen LogP contribution in [-0.4, -0.2) is 23.3 Å². The van der Waals surface area contributed by atoms with Crippen LogP contribution in [0.3, 0.4) is 0 Å². The molecule has 1 heterocycles. The van der Waals surface area contributed by atoms with Gasteiger partial charge in [0.05, 0.1) is 0 Å². The minimum Gasteiger partial charge on any atom is -0.341 e. The molecule has 0 amide bonds. The Morgan fingerprint density at radius 2 is 2.00 bits per heavy atom. The molecule has 2 N–H and O–H groups in total. The van der Waals surface area contributed by atoms with Gasteiger partial charge in [-0.15, -0.1) is 10.2 Å². The van der Waals surface area contributed by atoms with Crippen LogP contribution in [0.4, 0.5) is 5.13 Å². The molecular formula is C12H16N4S. The van der Waals surface area contributed by atoms with E-state index in [1.807, 2.05) is 25.1 Å². The Balaban J connectivity index is 2.13. The number of nitrogens with two attached hydrogens (primary N) is 1. The van der Waals surface area contributed by atoms with Gasteiger partial charge in [-0.1, -0.05) is 41.7 Å². The molecule has 0 fully saturated rings. The van der Waals surface area contributed by atoms with E-state index in [0.717, 1.165) is 23.2 Å². The zero-order valence-electron chi connectivity index (χ0n) is 9.84. The van der Waals surface area contributed by atoms with Gasteiger partial charge in [0, 0.05) is 19.6 Å². The summed E-state index contributed by atoms with van der Waals surface area (Å²) < 4.78 is 0. The van der Waals surface area contributed by atoms with E-state index in [9.17, 15) is 0 Å². The first-order valence-electron chi connectivity index (χ1n) is 5.58. The van der Waals surface area contributed by atoms with Crippen molar-refractivity contribution in [3.8, 4) is 0 Å². The molecule has 0 saturated carbocycles. The van der Waals surface area contributed by atoms with E-state index in [1.54, 1.807) is 11.3 Å². The monoisotopic (exact) mass is 248 g/mol. The van der Waals surface area contributed by atoms with Crippen molar-refractivity contribution in [1.82, 2.24) is 10.2 Å². The molecule has 0 bridgehead atoms. The van der Waals surface area contributed by atoms with Crippen molar-refractivity contribution in [2.75, 3.05) is 18.0 Å². The average Bonchev–Trinajstić information content (AvgIpc) is 2.77. The van der Waals surface area contributed by atoms with Crippen LogP contribution in [-0.2, 0) is 6.54 Å². The number of rotatable bonds is 5. The standard InChI is InChI=1S/C12H16N4S/c1-10-14-15-12(17-10)16(8-7-13)9-11-5-3-2-4-6-11/h2-6H,7-9,13H2,1H3. The molecule has 0 atom stereocenters. The van der Waals surface area contributed by atoms with Crippen molar-refractivity contribution in [3.63, 3.8) is 0 Å². The Morgan fingerprint density at radius 3 is 2.59 bits per heavy atom. The molecule has 0 aliphatic heterocycles. The third-order valence-corrected chi connectivity index (χ3v) is 3.30. The maximum atomic E-state index is 5.64. The molecule has 4 nitrogen and oxygen atoms in total. The van der Waals surface area contributed by atoms with Gasteiger partial charge in [0.2, 0.25) is 5.13 Å². The summed E-state index contributed by atoms with van der Waals surface area (Å²) in [6.45, 7) is 4.20. The highest BCUT2D eigenvalue weighted by Crippen LogP contribution is 2.21. The number of nitrogens with zero attached hydrogens (tertiary/aromatic N) is 3. The third-order valence-electron chi connectivity index (χ3n) is 2.40. The van der Waals surface area contributed by atoms with Crippen LogP contribution < -0.4 is 10.6 Å². The molecule has 0 aliphatic rings. The minimum absolute atomic E-state index is 0.617. The third kappa shape index (κ3) is 3.25. The predicted octanol–water partition coefficient (Wildman–Crippen LogP) is 1.81. The van der Waals surface area contributed by atoms with Crippen LogP contribution in [0, 0.1) is 6.92 Å². The van der Waals surface area contributed by atoms with E-state index >= 15 is 0 Å². The minimum atomic E-state index is 0.617. The van der Waals surface area contributed by atoms with Gasteiger partial charge in [-0.25, -0.2) is 0 Å². The molecule has 2 rings (SSSR count). The van der Waals surface area contributed by atoms with Gasteiger partial charge in [0.15, 0.2) is 0 Å². The van der Waals surface area contributed by atoms with E-state index in [0.29, 0.717) is 6.54 Å². The molecule has 0 unspecified atom stereocenters. The number of anilines is 1. The summed E-state index contributed by atoms with van der Waals surface area (Å²) in [5.41, 5.74) is 6.90. The molecule has 0 spiro atoms. The maximum absolute atomic E-state index is 5.64. The lowest BCUT2D eigenvalue weighted by atomic mass is 10.2. The second-order valence-corrected chi connectivity index (χ2v) is 4.96. The van der Waals surface area contributed by atoms with E-state index in [2.05, 4.69) is 27.2 Å². The van der Waals surface area contributed by atoms with Gasteiger partial charge in [0.25, 0.3) is 0 Å². The molecule has 90 valence electrons. The van der Waals surface area contributed by atoms with Crippen LogP contribution in [0.2, 0.25) is 0 Å². The Bertz CT molecular complexity index is 455. The van der Waals surface area contributed by atoms with Gasteiger partial charge in [0.1, 0.15) is 5.01 Å². The summed E-state index contributed by atoms with van der Waals surface area (Å²) in [5, 5.41) is 10.1. The Hall–Kier alpha value is -1.46. The van der Waals surface area contributed by atoms with Gasteiger partial charge in [-0.2, -0.15) is 0 Å². The second kappa shape index (κ2) is 5.75. The summed E-state index contributed by atoms with van der Waals surface area (Å²) in [7, 11) is 0. The molecule has 0 radical (unpaired) electrons. The molecule has 1 aromatic carbocycles. The summed E-state index contributed by atoms with van der Waals surface area (Å²) in [4.78, 5) is 2.17. The lowest BCUT2D eigenvalue weighted by Gasteiger charge is -2.20. The van der Waals surface area contributed by atoms with Crippen LogP contribution in [0.1, 0.15) is 10.6 Å². The molecule has 0 aliphatic carbocycles. The van der Waals surface area contributed by atoms with Crippen molar-refractivity contribution < 1.29 is 0 Å². The first kappa shape index (κ1) is 12.0. The molecular weight excluding hydrogens is 232 g/mol. The van der Waals surface area contributed by atoms with Gasteiger partial charge >= 0.3 is 0 Å². The van der Waals surface area contributed by atoms with Crippen molar-refractivity contribution in [1.29, 1.82) is 0 Å². The molecule has 1 aromatic heterocycles. The predicted molar refractivity (Wildman–Crippen MR) is 71.2 cm³/mol. The fourth-order valence-corrected chi connectivity index (χ4v) is 2.33. The number of aryl methyl sites for hydroxylation is 1. The molecule has 17 heavy (non-hydrogen) atoms. The number of hydrogen-bond donors (Lipinski definition) is 1. The highest BCUT2D eigenvalue weighted by Gasteiger charge is 2.10. The quantitative estimate of drug-likeness (QED) is 0.877. The summed E-state index contributed by atoms with van der Waals surface area (Å²) in [6.07, 6.45) is 0. The molecule has 0 saturated heterocycles. The largest absolute Gasteiger partial charge is 0.341 e. The SMILES string of the molecule is Cc1nnc(N(CCN)Cc2ccccc2)s1. The lowest BCUT2D eigenvalue weighted by Crippen LogP contribution is -2.28. The highest BCUT2D eigenvalue weighted by molar-refractivity contribution is 7.15. The summed E-state index contributed by atoms with van der Waals surface area (Å²) in [6, 6.07) is 10.3. The zero-order valence-corrected chi connectivity index (χ0v) is 10.7. The van der Waals surface area contributed by atoms with Crippen molar-refractivity contribution >= 4 is 16.5 Å².